The fourth-order valence-electron chi connectivity index (χ4n) is 2.70. The molecule has 0 spiro atoms. The quantitative estimate of drug-likeness (QED) is 0.848. The van der Waals surface area contributed by atoms with Crippen molar-refractivity contribution in [3.8, 4) is 11.5 Å². The van der Waals surface area contributed by atoms with Gasteiger partial charge in [0, 0.05) is 38.8 Å². The molecule has 1 aromatic rings. The van der Waals surface area contributed by atoms with Crippen LogP contribution in [0.4, 0.5) is 0 Å². The van der Waals surface area contributed by atoms with E-state index in [-0.39, 0.29) is 0 Å². The molecule has 2 rings (SSSR count). The number of nitrogens with zero attached hydrogens (tertiary/aromatic N) is 2. The van der Waals surface area contributed by atoms with Crippen molar-refractivity contribution in [3.63, 3.8) is 0 Å². The molecule has 21 heavy (non-hydrogen) atoms. The molecule has 0 amide bonds. The highest BCUT2D eigenvalue weighted by Gasteiger charge is 2.21. The summed E-state index contributed by atoms with van der Waals surface area (Å²) in [5.41, 5.74) is 1.21. The van der Waals surface area contributed by atoms with Crippen LogP contribution in [0.3, 0.4) is 0 Å². The van der Waals surface area contributed by atoms with E-state index in [1.807, 2.05) is 12.1 Å². The molecule has 1 aliphatic heterocycles. The first-order valence-corrected chi connectivity index (χ1v) is 7.44. The van der Waals surface area contributed by atoms with Gasteiger partial charge < -0.3 is 19.7 Å². The third-order valence-electron chi connectivity index (χ3n) is 4.14. The first-order valence-electron chi connectivity index (χ1n) is 7.44. The molecule has 0 radical (unpaired) electrons. The van der Waals surface area contributed by atoms with Crippen LogP contribution in [0.25, 0.3) is 0 Å². The van der Waals surface area contributed by atoms with Gasteiger partial charge in [-0.25, -0.2) is 0 Å². The van der Waals surface area contributed by atoms with Crippen molar-refractivity contribution in [2.24, 2.45) is 0 Å². The molecule has 1 N–H and O–H groups in total. The molecule has 1 aromatic carbocycles. The average Bonchev–Trinajstić information content (AvgIpc) is 2.50. The molecule has 0 bridgehead atoms. The number of ether oxygens (including phenoxy) is 2. The van der Waals surface area contributed by atoms with Gasteiger partial charge in [0.2, 0.25) is 0 Å². The SMILES string of the molecule is COc1ccc(CNCC2CN(C)CCN2C)cc1OC. The topological polar surface area (TPSA) is 37.0 Å². The third kappa shape index (κ3) is 4.33. The normalized spacial score (nSPS) is 20.5. The lowest BCUT2D eigenvalue weighted by Gasteiger charge is -2.37. The zero-order valence-corrected chi connectivity index (χ0v) is 13.6. The summed E-state index contributed by atoms with van der Waals surface area (Å²) in [5, 5.41) is 3.55. The van der Waals surface area contributed by atoms with Crippen LogP contribution >= 0.6 is 0 Å². The van der Waals surface area contributed by atoms with Crippen molar-refractivity contribution in [2.75, 3.05) is 54.5 Å². The van der Waals surface area contributed by atoms with Crippen LogP contribution in [0.5, 0.6) is 11.5 Å². The van der Waals surface area contributed by atoms with Crippen molar-refractivity contribution in [3.05, 3.63) is 23.8 Å². The van der Waals surface area contributed by atoms with Gasteiger partial charge in [-0.15, -0.1) is 0 Å². The van der Waals surface area contributed by atoms with E-state index in [4.69, 9.17) is 9.47 Å². The smallest absolute Gasteiger partial charge is 0.161 e. The van der Waals surface area contributed by atoms with E-state index >= 15 is 0 Å². The van der Waals surface area contributed by atoms with Gasteiger partial charge in [0.1, 0.15) is 0 Å². The minimum Gasteiger partial charge on any atom is -0.493 e. The van der Waals surface area contributed by atoms with Gasteiger partial charge >= 0.3 is 0 Å². The molecule has 1 saturated heterocycles. The zero-order valence-electron chi connectivity index (χ0n) is 13.6. The van der Waals surface area contributed by atoms with Crippen LogP contribution in [-0.4, -0.2) is 70.3 Å². The first-order chi connectivity index (χ1) is 10.1. The van der Waals surface area contributed by atoms with Crippen LogP contribution in [0.1, 0.15) is 5.56 Å². The Hall–Kier alpha value is -1.30. The molecule has 118 valence electrons. The van der Waals surface area contributed by atoms with Crippen molar-refractivity contribution in [2.45, 2.75) is 12.6 Å². The summed E-state index contributed by atoms with van der Waals surface area (Å²) in [6.07, 6.45) is 0. The fourth-order valence-corrected chi connectivity index (χ4v) is 2.70. The molecular formula is C16H27N3O2. The van der Waals surface area contributed by atoms with Crippen LogP contribution < -0.4 is 14.8 Å². The highest BCUT2D eigenvalue weighted by Crippen LogP contribution is 2.27. The Balaban J connectivity index is 1.85. The van der Waals surface area contributed by atoms with E-state index < -0.39 is 0 Å². The lowest BCUT2D eigenvalue weighted by molar-refractivity contribution is 0.113. The van der Waals surface area contributed by atoms with E-state index in [0.717, 1.165) is 44.2 Å². The Labute approximate surface area is 127 Å². The lowest BCUT2D eigenvalue weighted by atomic mass is 10.1. The van der Waals surface area contributed by atoms with Crippen molar-refractivity contribution >= 4 is 0 Å². The van der Waals surface area contributed by atoms with Gasteiger partial charge in [-0.3, -0.25) is 4.90 Å². The number of rotatable bonds is 6. The van der Waals surface area contributed by atoms with Crippen LogP contribution in [0, 0.1) is 0 Å². The minimum atomic E-state index is 0.573. The van der Waals surface area contributed by atoms with E-state index in [0.29, 0.717) is 6.04 Å². The second-order valence-electron chi connectivity index (χ2n) is 5.72. The van der Waals surface area contributed by atoms with E-state index in [1.54, 1.807) is 14.2 Å². The number of piperazine rings is 1. The van der Waals surface area contributed by atoms with Gasteiger partial charge in [0.25, 0.3) is 0 Å². The van der Waals surface area contributed by atoms with Crippen LogP contribution in [0.2, 0.25) is 0 Å². The fraction of sp³-hybridized carbons (Fsp3) is 0.625. The minimum absolute atomic E-state index is 0.573. The van der Waals surface area contributed by atoms with Gasteiger partial charge in [-0.05, 0) is 31.8 Å². The molecule has 0 aliphatic carbocycles. The molecule has 5 heteroatoms. The van der Waals surface area contributed by atoms with Crippen molar-refractivity contribution < 1.29 is 9.47 Å². The molecular weight excluding hydrogens is 266 g/mol. The Morgan fingerprint density at radius 1 is 1.14 bits per heavy atom. The zero-order chi connectivity index (χ0) is 15.2. The molecule has 1 atom stereocenters. The number of nitrogens with one attached hydrogen (secondary N) is 1. The maximum absolute atomic E-state index is 5.34. The monoisotopic (exact) mass is 293 g/mol. The number of methoxy groups -OCH3 is 2. The Bertz CT molecular complexity index is 453. The standard InChI is InChI=1S/C16H27N3O2/c1-18-7-8-19(2)14(12-18)11-17-10-13-5-6-15(20-3)16(9-13)21-4/h5-6,9,14,17H,7-8,10-12H2,1-4H3. The summed E-state index contributed by atoms with van der Waals surface area (Å²) in [6.45, 7) is 5.25. The largest absolute Gasteiger partial charge is 0.493 e. The van der Waals surface area contributed by atoms with Gasteiger partial charge in [0.15, 0.2) is 11.5 Å². The lowest BCUT2D eigenvalue weighted by Crippen LogP contribution is -2.53. The van der Waals surface area contributed by atoms with E-state index in [1.165, 1.54) is 5.56 Å². The molecule has 1 heterocycles. The summed E-state index contributed by atoms with van der Waals surface area (Å²) in [6, 6.07) is 6.63. The highest BCUT2D eigenvalue weighted by molar-refractivity contribution is 5.42. The summed E-state index contributed by atoms with van der Waals surface area (Å²) < 4.78 is 10.6. The molecule has 1 unspecified atom stereocenters. The third-order valence-corrected chi connectivity index (χ3v) is 4.14. The van der Waals surface area contributed by atoms with E-state index in [9.17, 15) is 0 Å². The Morgan fingerprint density at radius 3 is 2.62 bits per heavy atom. The maximum Gasteiger partial charge on any atom is 0.161 e. The van der Waals surface area contributed by atoms with Gasteiger partial charge in [-0.2, -0.15) is 0 Å². The molecule has 0 aromatic heterocycles. The van der Waals surface area contributed by atoms with Crippen molar-refractivity contribution in [1.82, 2.24) is 15.1 Å². The number of hydrogen-bond acceptors (Lipinski definition) is 5. The summed E-state index contributed by atoms with van der Waals surface area (Å²) in [4.78, 5) is 4.82. The Morgan fingerprint density at radius 2 is 1.90 bits per heavy atom. The number of hydrogen-bond donors (Lipinski definition) is 1. The average molecular weight is 293 g/mol. The predicted octanol–water partition coefficient (Wildman–Crippen LogP) is 1.04. The predicted molar refractivity (Wildman–Crippen MR) is 85.2 cm³/mol. The summed E-state index contributed by atoms with van der Waals surface area (Å²) in [5.74, 6) is 1.56. The second kappa shape index (κ2) is 7.64. The maximum atomic E-state index is 5.34. The Kier molecular flexibility index (Phi) is 5.85. The summed E-state index contributed by atoms with van der Waals surface area (Å²) in [7, 11) is 7.72. The molecule has 5 nitrogen and oxygen atoms in total. The highest BCUT2D eigenvalue weighted by atomic mass is 16.5. The molecule has 1 fully saturated rings. The van der Waals surface area contributed by atoms with E-state index in [2.05, 4.69) is 35.3 Å². The van der Waals surface area contributed by atoms with Crippen LogP contribution in [-0.2, 0) is 6.54 Å². The molecule has 0 saturated carbocycles. The molecule has 1 aliphatic rings. The van der Waals surface area contributed by atoms with Crippen molar-refractivity contribution in [1.29, 1.82) is 0 Å². The van der Waals surface area contributed by atoms with Gasteiger partial charge in [-0.1, -0.05) is 6.07 Å². The summed E-state index contributed by atoms with van der Waals surface area (Å²) >= 11 is 0. The second-order valence-corrected chi connectivity index (χ2v) is 5.72. The number of likely N-dealkylation sites (N-methyl/N-ethyl adjacent to an activating group) is 2. The number of benzene rings is 1. The van der Waals surface area contributed by atoms with Gasteiger partial charge in [0.05, 0.1) is 14.2 Å². The first kappa shape index (κ1) is 16.1. The van der Waals surface area contributed by atoms with Crippen LogP contribution in [0.15, 0.2) is 18.2 Å².